The average molecular weight is 227 g/mol. The zero-order valence-electron chi connectivity index (χ0n) is 9.34. The van der Waals surface area contributed by atoms with Crippen LogP contribution in [0.1, 0.15) is 12.8 Å². The van der Waals surface area contributed by atoms with Gasteiger partial charge >= 0.3 is 0 Å². The van der Waals surface area contributed by atoms with Crippen LogP contribution in [0, 0.1) is 0 Å². The first kappa shape index (κ1) is 10.1. The Balaban J connectivity index is 1.94. The van der Waals surface area contributed by atoms with E-state index in [0.29, 0.717) is 11.8 Å². The summed E-state index contributed by atoms with van der Waals surface area (Å²) in [6, 6.07) is 11.0. The molecule has 1 N–H and O–H groups in total. The number of rotatable bonds is 3. The Morgan fingerprint density at radius 3 is 2.82 bits per heavy atom. The van der Waals surface area contributed by atoms with Gasteiger partial charge in [-0.1, -0.05) is 12.1 Å². The minimum atomic E-state index is 0.191. The number of aromatic nitrogens is 1. The van der Waals surface area contributed by atoms with E-state index in [1.54, 1.807) is 18.3 Å². The highest BCUT2D eigenvalue weighted by atomic mass is 16.5. The number of aromatic hydroxyl groups is 1. The maximum Gasteiger partial charge on any atom is 0.141 e. The monoisotopic (exact) mass is 227 g/mol. The summed E-state index contributed by atoms with van der Waals surface area (Å²) in [5, 5.41) is 9.75. The largest absolute Gasteiger partial charge is 0.506 e. The van der Waals surface area contributed by atoms with E-state index >= 15 is 0 Å². The lowest BCUT2D eigenvalue weighted by molar-refractivity contribution is 0.303. The molecule has 2 aromatic rings. The summed E-state index contributed by atoms with van der Waals surface area (Å²) in [5.74, 6) is 1.03. The molecule has 0 amide bonds. The van der Waals surface area contributed by atoms with E-state index < -0.39 is 0 Å². The summed E-state index contributed by atoms with van der Waals surface area (Å²) in [5.41, 5.74) is 1.47. The number of benzene rings is 1. The third kappa shape index (κ3) is 2.23. The van der Waals surface area contributed by atoms with Crippen molar-refractivity contribution in [3.05, 3.63) is 42.6 Å². The van der Waals surface area contributed by atoms with Crippen LogP contribution in [-0.2, 0) is 0 Å². The average Bonchev–Trinajstić information content (AvgIpc) is 3.14. The number of hydrogen-bond acceptors (Lipinski definition) is 3. The summed E-state index contributed by atoms with van der Waals surface area (Å²) in [6.45, 7) is 0. The van der Waals surface area contributed by atoms with Crippen LogP contribution in [0.4, 0.5) is 0 Å². The van der Waals surface area contributed by atoms with Crippen molar-refractivity contribution >= 4 is 0 Å². The Hall–Kier alpha value is -2.03. The van der Waals surface area contributed by atoms with Crippen molar-refractivity contribution in [1.29, 1.82) is 0 Å². The van der Waals surface area contributed by atoms with E-state index in [1.807, 2.05) is 24.3 Å². The minimum Gasteiger partial charge on any atom is -0.506 e. The van der Waals surface area contributed by atoms with Crippen LogP contribution in [0.15, 0.2) is 42.6 Å². The predicted molar refractivity (Wildman–Crippen MR) is 65.0 cm³/mol. The molecule has 1 aromatic heterocycles. The molecule has 0 saturated heterocycles. The fourth-order valence-corrected chi connectivity index (χ4v) is 1.71. The van der Waals surface area contributed by atoms with Crippen LogP contribution >= 0.6 is 0 Å². The third-order valence-corrected chi connectivity index (χ3v) is 2.72. The normalized spacial score (nSPS) is 14.6. The van der Waals surface area contributed by atoms with Crippen molar-refractivity contribution in [2.75, 3.05) is 0 Å². The molecule has 1 aliphatic carbocycles. The second kappa shape index (κ2) is 4.09. The van der Waals surface area contributed by atoms with Gasteiger partial charge in [0.05, 0.1) is 6.10 Å². The van der Waals surface area contributed by atoms with Gasteiger partial charge in [0.1, 0.15) is 17.2 Å². The lowest BCUT2D eigenvalue weighted by Gasteiger charge is -2.07. The molecule has 1 heterocycles. The van der Waals surface area contributed by atoms with Gasteiger partial charge in [0.2, 0.25) is 0 Å². The van der Waals surface area contributed by atoms with Gasteiger partial charge in [0.15, 0.2) is 0 Å². The van der Waals surface area contributed by atoms with E-state index in [2.05, 4.69) is 4.98 Å². The van der Waals surface area contributed by atoms with Crippen LogP contribution in [0.2, 0.25) is 0 Å². The van der Waals surface area contributed by atoms with Crippen molar-refractivity contribution in [3.8, 4) is 22.8 Å². The Kier molecular flexibility index (Phi) is 2.44. The van der Waals surface area contributed by atoms with Gasteiger partial charge in [0.25, 0.3) is 0 Å². The molecule has 1 saturated carbocycles. The number of hydrogen-bond donors (Lipinski definition) is 1. The summed E-state index contributed by atoms with van der Waals surface area (Å²) in [6.07, 6.45) is 4.32. The molecule has 3 rings (SSSR count). The first-order valence-corrected chi connectivity index (χ1v) is 5.74. The summed E-state index contributed by atoms with van der Waals surface area (Å²) >= 11 is 0. The van der Waals surface area contributed by atoms with Gasteiger partial charge in [-0.05, 0) is 37.1 Å². The number of ether oxygens (including phenoxy) is 1. The Labute approximate surface area is 99.7 Å². The van der Waals surface area contributed by atoms with E-state index in [9.17, 15) is 5.11 Å². The summed E-state index contributed by atoms with van der Waals surface area (Å²) in [4.78, 5) is 4.18. The Morgan fingerprint density at radius 2 is 2.06 bits per heavy atom. The van der Waals surface area contributed by atoms with Gasteiger partial charge in [-0.25, -0.2) is 0 Å². The van der Waals surface area contributed by atoms with Crippen molar-refractivity contribution in [2.24, 2.45) is 0 Å². The molecule has 1 fully saturated rings. The van der Waals surface area contributed by atoms with Gasteiger partial charge in [-0.2, -0.15) is 0 Å². The van der Waals surface area contributed by atoms with Crippen molar-refractivity contribution in [2.45, 2.75) is 18.9 Å². The van der Waals surface area contributed by atoms with E-state index in [-0.39, 0.29) is 5.75 Å². The number of pyridine rings is 1. The molecule has 3 heteroatoms. The highest BCUT2D eigenvalue weighted by Gasteiger charge is 2.23. The summed E-state index contributed by atoms with van der Waals surface area (Å²) in [7, 11) is 0. The van der Waals surface area contributed by atoms with Crippen LogP contribution in [-0.4, -0.2) is 16.2 Å². The maximum absolute atomic E-state index is 9.75. The van der Waals surface area contributed by atoms with Crippen LogP contribution < -0.4 is 4.74 Å². The summed E-state index contributed by atoms with van der Waals surface area (Å²) < 4.78 is 5.72. The second-order valence-electron chi connectivity index (χ2n) is 4.22. The van der Waals surface area contributed by atoms with Gasteiger partial charge in [-0.15, -0.1) is 0 Å². The molecular weight excluding hydrogens is 214 g/mol. The molecule has 0 unspecified atom stereocenters. The van der Waals surface area contributed by atoms with E-state index in [0.717, 1.165) is 24.2 Å². The Morgan fingerprint density at radius 1 is 1.18 bits per heavy atom. The molecule has 0 atom stereocenters. The minimum absolute atomic E-state index is 0.191. The quantitative estimate of drug-likeness (QED) is 0.876. The van der Waals surface area contributed by atoms with E-state index in [1.165, 1.54) is 0 Å². The zero-order valence-corrected chi connectivity index (χ0v) is 9.34. The molecule has 0 radical (unpaired) electrons. The molecule has 1 aliphatic rings. The molecular formula is C14H13NO2. The molecule has 0 bridgehead atoms. The topological polar surface area (TPSA) is 42.4 Å². The second-order valence-corrected chi connectivity index (χ2v) is 4.22. The van der Waals surface area contributed by atoms with Gasteiger partial charge in [0, 0.05) is 11.8 Å². The van der Waals surface area contributed by atoms with Crippen LogP contribution in [0.3, 0.4) is 0 Å². The lowest BCUT2D eigenvalue weighted by Crippen LogP contribution is -1.95. The van der Waals surface area contributed by atoms with Crippen LogP contribution in [0.5, 0.6) is 11.5 Å². The van der Waals surface area contributed by atoms with Crippen molar-refractivity contribution in [3.63, 3.8) is 0 Å². The van der Waals surface area contributed by atoms with Gasteiger partial charge in [-0.3, -0.25) is 4.98 Å². The maximum atomic E-state index is 9.75. The molecule has 0 spiro atoms. The standard InChI is InChI=1S/C14H13NO2/c16-13-5-2-8-15-14(13)10-3-1-4-12(9-10)17-11-6-7-11/h1-5,8-9,11,16H,6-7H2. The first-order valence-electron chi connectivity index (χ1n) is 5.74. The zero-order chi connectivity index (χ0) is 11.7. The lowest BCUT2D eigenvalue weighted by atomic mass is 10.1. The first-order chi connectivity index (χ1) is 8.33. The fourth-order valence-electron chi connectivity index (χ4n) is 1.71. The third-order valence-electron chi connectivity index (χ3n) is 2.72. The molecule has 3 nitrogen and oxygen atoms in total. The van der Waals surface area contributed by atoms with E-state index in [4.69, 9.17) is 4.74 Å². The molecule has 0 aliphatic heterocycles. The highest BCUT2D eigenvalue weighted by molar-refractivity contribution is 5.66. The van der Waals surface area contributed by atoms with Crippen molar-refractivity contribution < 1.29 is 9.84 Å². The van der Waals surface area contributed by atoms with Gasteiger partial charge < -0.3 is 9.84 Å². The SMILES string of the molecule is Oc1cccnc1-c1cccc(OC2CC2)c1. The predicted octanol–water partition coefficient (Wildman–Crippen LogP) is 3.00. The number of nitrogens with zero attached hydrogens (tertiary/aromatic N) is 1. The Bertz CT molecular complexity index is 535. The van der Waals surface area contributed by atoms with Crippen LogP contribution in [0.25, 0.3) is 11.3 Å². The smallest absolute Gasteiger partial charge is 0.141 e. The highest BCUT2D eigenvalue weighted by Crippen LogP contribution is 2.31. The van der Waals surface area contributed by atoms with Crippen molar-refractivity contribution in [1.82, 2.24) is 4.98 Å². The molecule has 17 heavy (non-hydrogen) atoms. The fraction of sp³-hybridized carbons (Fsp3) is 0.214. The molecule has 1 aromatic carbocycles. The molecule has 86 valence electrons.